The summed E-state index contributed by atoms with van der Waals surface area (Å²) in [5, 5.41) is 0. The summed E-state index contributed by atoms with van der Waals surface area (Å²) in [6, 6.07) is 3.14. The summed E-state index contributed by atoms with van der Waals surface area (Å²) >= 11 is 0. The van der Waals surface area contributed by atoms with Crippen LogP contribution in [0, 0.1) is 11.8 Å². The summed E-state index contributed by atoms with van der Waals surface area (Å²) in [6.45, 7) is -0.129. The van der Waals surface area contributed by atoms with Crippen LogP contribution >= 0.6 is 0 Å². The van der Waals surface area contributed by atoms with Crippen molar-refractivity contribution in [2.75, 3.05) is 37.4 Å². The highest BCUT2D eigenvalue weighted by Gasteiger charge is 2.76. The van der Waals surface area contributed by atoms with Crippen molar-refractivity contribution >= 4 is 29.3 Å². The smallest absolute Gasteiger partial charge is 0.315 e. The molecule has 1 aromatic heterocycles. The zero-order chi connectivity index (χ0) is 18.4. The van der Waals surface area contributed by atoms with Gasteiger partial charge in [0.05, 0.1) is 19.0 Å². The zero-order valence-electron chi connectivity index (χ0n) is 13.3. The first-order valence-corrected chi connectivity index (χ1v) is 7.53. The minimum atomic E-state index is -3.44. The van der Waals surface area contributed by atoms with Crippen LogP contribution in [0.1, 0.15) is 0 Å². The molecule has 25 heavy (non-hydrogen) atoms. The fourth-order valence-corrected chi connectivity index (χ4v) is 2.94. The number of aromatic nitrogens is 1. The van der Waals surface area contributed by atoms with E-state index in [4.69, 9.17) is 5.73 Å². The van der Waals surface area contributed by atoms with Crippen molar-refractivity contribution in [3.8, 4) is 0 Å². The second-order valence-corrected chi connectivity index (χ2v) is 5.90. The number of ether oxygens (including phenoxy) is 1. The summed E-state index contributed by atoms with van der Waals surface area (Å²) in [6.07, 6.45) is 1.42. The minimum Gasteiger partial charge on any atom is -0.469 e. The van der Waals surface area contributed by atoms with E-state index >= 15 is 0 Å². The molecular weight excluding hydrogens is 338 g/mol. The molecule has 8 nitrogen and oxygen atoms in total. The van der Waals surface area contributed by atoms with Gasteiger partial charge in [-0.3, -0.25) is 14.4 Å². The highest BCUT2D eigenvalue weighted by atomic mass is 19.3. The molecule has 1 saturated carbocycles. The Bertz CT molecular complexity index is 725. The molecule has 0 aromatic carbocycles. The Hall–Kier alpha value is -2.78. The third-order valence-electron chi connectivity index (χ3n) is 4.39. The molecule has 134 valence electrons. The molecule has 3 rings (SSSR count). The lowest BCUT2D eigenvalue weighted by molar-refractivity contribution is -0.145. The van der Waals surface area contributed by atoms with E-state index in [1.54, 1.807) is 6.07 Å². The molecule has 2 fully saturated rings. The summed E-state index contributed by atoms with van der Waals surface area (Å²) in [5.41, 5.74) is 6.00. The van der Waals surface area contributed by atoms with Crippen molar-refractivity contribution in [3.63, 3.8) is 0 Å². The Morgan fingerprint density at radius 2 is 2.04 bits per heavy atom. The SMILES string of the molecule is COC(=O)[C@@H]1[C@@H](C(=O)N2CCN(c3ccc(N)nc3)C(=O)C2)C1(F)F. The molecule has 1 aliphatic heterocycles. The maximum atomic E-state index is 13.7. The van der Waals surface area contributed by atoms with Gasteiger partial charge >= 0.3 is 5.97 Å². The van der Waals surface area contributed by atoms with Gasteiger partial charge < -0.3 is 20.3 Å². The Kier molecular flexibility index (Phi) is 4.05. The molecule has 2 aliphatic rings. The van der Waals surface area contributed by atoms with E-state index in [0.717, 1.165) is 12.0 Å². The number of carbonyl (C=O) groups is 3. The molecule has 2 heterocycles. The van der Waals surface area contributed by atoms with Crippen molar-refractivity contribution in [1.29, 1.82) is 0 Å². The van der Waals surface area contributed by atoms with Gasteiger partial charge in [0.1, 0.15) is 24.2 Å². The molecule has 0 bridgehead atoms. The first kappa shape index (κ1) is 17.1. The second-order valence-electron chi connectivity index (χ2n) is 5.90. The lowest BCUT2D eigenvalue weighted by Gasteiger charge is -2.34. The summed E-state index contributed by atoms with van der Waals surface area (Å²) in [5.74, 6) is -9.15. The number of methoxy groups -OCH3 is 1. The van der Waals surface area contributed by atoms with Gasteiger partial charge in [0.15, 0.2) is 0 Å². The van der Waals surface area contributed by atoms with Crippen molar-refractivity contribution < 1.29 is 27.9 Å². The van der Waals surface area contributed by atoms with Crippen molar-refractivity contribution in [2.24, 2.45) is 11.8 Å². The zero-order valence-corrected chi connectivity index (χ0v) is 13.3. The van der Waals surface area contributed by atoms with Crippen LogP contribution in [-0.2, 0) is 19.1 Å². The number of carbonyl (C=O) groups excluding carboxylic acids is 3. The number of nitrogen functional groups attached to an aromatic ring is 1. The van der Waals surface area contributed by atoms with Crippen LogP contribution in [0.2, 0.25) is 0 Å². The van der Waals surface area contributed by atoms with Crippen molar-refractivity contribution in [2.45, 2.75) is 5.92 Å². The van der Waals surface area contributed by atoms with Gasteiger partial charge in [-0.1, -0.05) is 0 Å². The normalized spacial score (nSPS) is 24.8. The minimum absolute atomic E-state index is 0.0788. The third-order valence-corrected chi connectivity index (χ3v) is 4.39. The highest BCUT2D eigenvalue weighted by Crippen LogP contribution is 2.56. The maximum absolute atomic E-state index is 13.7. The number of nitrogens with zero attached hydrogens (tertiary/aromatic N) is 3. The number of rotatable bonds is 3. The van der Waals surface area contributed by atoms with E-state index in [1.165, 1.54) is 17.2 Å². The van der Waals surface area contributed by atoms with Crippen LogP contribution in [0.5, 0.6) is 0 Å². The number of esters is 1. The van der Waals surface area contributed by atoms with Crippen LogP contribution in [0.15, 0.2) is 18.3 Å². The van der Waals surface area contributed by atoms with Crippen molar-refractivity contribution in [3.05, 3.63) is 18.3 Å². The van der Waals surface area contributed by atoms with E-state index in [1.807, 2.05) is 0 Å². The quantitative estimate of drug-likeness (QED) is 0.760. The lowest BCUT2D eigenvalue weighted by atomic mass is 10.2. The number of hydrogen-bond donors (Lipinski definition) is 1. The topological polar surface area (TPSA) is 106 Å². The Labute approximate surface area is 141 Å². The van der Waals surface area contributed by atoms with E-state index < -0.39 is 35.5 Å². The summed E-state index contributed by atoms with van der Waals surface area (Å²) in [7, 11) is 0.987. The third kappa shape index (κ3) is 2.87. The molecule has 1 aliphatic carbocycles. The molecule has 1 aromatic rings. The van der Waals surface area contributed by atoms with Gasteiger partial charge in [-0.15, -0.1) is 0 Å². The Morgan fingerprint density at radius 1 is 1.32 bits per heavy atom. The maximum Gasteiger partial charge on any atom is 0.315 e. The van der Waals surface area contributed by atoms with Crippen molar-refractivity contribution in [1.82, 2.24) is 9.88 Å². The second kappa shape index (κ2) is 5.94. The van der Waals surface area contributed by atoms with Crippen LogP contribution in [0.25, 0.3) is 0 Å². The van der Waals surface area contributed by atoms with Gasteiger partial charge in [-0.2, -0.15) is 0 Å². The van der Waals surface area contributed by atoms with Gasteiger partial charge in [0.2, 0.25) is 11.8 Å². The molecule has 0 spiro atoms. The molecule has 2 atom stereocenters. The number of pyridine rings is 1. The number of halogens is 2. The Morgan fingerprint density at radius 3 is 2.60 bits per heavy atom. The van der Waals surface area contributed by atoms with Gasteiger partial charge in [0, 0.05) is 13.1 Å². The van der Waals surface area contributed by atoms with Crippen LogP contribution in [-0.4, -0.2) is 60.3 Å². The average Bonchev–Trinajstić information content (AvgIpc) is 3.16. The summed E-state index contributed by atoms with van der Waals surface area (Å²) in [4.78, 5) is 42.2. The van der Waals surface area contributed by atoms with E-state index in [0.29, 0.717) is 11.5 Å². The molecule has 10 heteroatoms. The van der Waals surface area contributed by atoms with Crippen LogP contribution < -0.4 is 10.6 Å². The fourth-order valence-electron chi connectivity index (χ4n) is 2.94. The van der Waals surface area contributed by atoms with Crippen LogP contribution in [0.3, 0.4) is 0 Å². The molecule has 1 saturated heterocycles. The first-order chi connectivity index (χ1) is 11.8. The predicted octanol–water partition coefficient (Wildman–Crippen LogP) is -0.107. The summed E-state index contributed by atoms with van der Waals surface area (Å²) < 4.78 is 31.7. The highest BCUT2D eigenvalue weighted by molar-refractivity contribution is 6.00. The van der Waals surface area contributed by atoms with Gasteiger partial charge in [-0.05, 0) is 12.1 Å². The first-order valence-electron chi connectivity index (χ1n) is 7.53. The predicted molar refractivity (Wildman–Crippen MR) is 81.5 cm³/mol. The molecule has 2 N–H and O–H groups in total. The Balaban J connectivity index is 1.67. The lowest BCUT2D eigenvalue weighted by Crippen LogP contribution is -2.53. The number of alkyl halides is 2. The number of amides is 2. The largest absolute Gasteiger partial charge is 0.469 e. The molecule has 2 amide bonds. The standard InChI is InChI=1S/C15H16F2N4O4/c1-25-14(24)12-11(15(12,16)17)13(23)20-4-5-21(10(22)7-20)8-2-3-9(18)19-6-8/h2-3,6,11-12H,4-5,7H2,1H3,(H2,18,19)/t11-,12-/m0/s1. The molecular formula is C15H16F2N4O4. The number of nitrogens with two attached hydrogens (primary N) is 1. The van der Waals surface area contributed by atoms with E-state index in [-0.39, 0.29) is 19.6 Å². The number of hydrogen-bond acceptors (Lipinski definition) is 6. The fraction of sp³-hybridized carbons (Fsp3) is 0.467. The number of anilines is 2. The monoisotopic (exact) mass is 354 g/mol. The van der Waals surface area contributed by atoms with Gasteiger partial charge in [0.25, 0.3) is 5.92 Å². The van der Waals surface area contributed by atoms with Gasteiger partial charge in [-0.25, -0.2) is 13.8 Å². The number of piperazine rings is 1. The van der Waals surface area contributed by atoms with E-state index in [9.17, 15) is 23.2 Å². The molecule has 0 radical (unpaired) electrons. The van der Waals surface area contributed by atoms with E-state index in [2.05, 4.69) is 9.72 Å². The van der Waals surface area contributed by atoms with Crippen LogP contribution in [0.4, 0.5) is 20.3 Å². The molecule has 0 unspecified atom stereocenters. The average molecular weight is 354 g/mol.